The van der Waals surface area contributed by atoms with Gasteiger partial charge in [0.15, 0.2) is 0 Å². The molecule has 3 aromatic rings. The largest absolute Gasteiger partial charge is 0.384 e. The lowest BCUT2D eigenvalue weighted by Gasteiger charge is -2.08. The third kappa shape index (κ3) is 8.27. The highest BCUT2D eigenvalue weighted by Crippen LogP contribution is 2.13. The number of nitrogens with two attached hydrogens (primary N) is 1. The molecule has 9 nitrogen and oxygen atoms in total. The first kappa shape index (κ1) is 24.8. The Morgan fingerprint density at radius 1 is 1.00 bits per heavy atom. The van der Waals surface area contributed by atoms with Crippen LogP contribution in [0.2, 0.25) is 0 Å². The minimum absolute atomic E-state index is 0.0877. The molecule has 34 heavy (non-hydrogen) atoms. The smallest absolute Gasteiger partial charge is 0.269 e. The van der Waals surface area contributed by atoms with E-state index in [1.807, 2.05) is 12.1 Å². The molecule has 0 fully saturated rings. The Bertz CT molecular complexity index is 1070. The molecule has 2 aromatic carbocycles. The summed E-state index contributed by atoms with van der Waals surface area (Å²) in [7, 11) is 0. The quantitative estimate of drug-likeness (QED) is 0.195. The van der Waals surface area contributed by atoms with E-state index in [0.29, 0.717) is 30.3 Å². The molecular formula is C25H29N5O4. The molecule has 9 heteroatoms. The number of unbranched alkanes of at least 4 members (excludes halogenated alkanes) is 2. The summed E-state index contributed by atoms with van der Waals surface area (Å²) in [5.74, 6) is 0.162. The van der Waals surface area contributed by atoms with Crippen molar-refractivity contribution >= 4 is 23.1 Å². The molecule has 0 aliphatic carbocycles. The lowest BCUT2D eigenvalue weighted by molar-refractivity contribution is -0.384. The second-order valence-corrected chi connectivity index (χ2v) is 7.83. The second kappa shape index (κ2) is 13.0. The molecule has 3 rings (SSSR count). The Labute approximate surface area is 198 Å². The fourth-order valence-corrected chi connectivity index (χ4v) is 3.27. The van der Waals surface area contributed by atoms with Crippen LogP contribution in [0.3, 0.4) is 0 Å². The van der Waals surface area contributed by atoms with Crippen molar-refractivity contribution in [2.75, 3.05) is 24.2 Å². The van der Waals surface area contributed by atoms with E-state index in [0.717, 1.165) is 43.5 Å². The highest BCUT2D eigenvalue weighted by molar-refractivity contribution is 6.04. The van der Waals surface area contributed by atoms with E-state index in [-0.39, 0.29) is 11.6 Å². The summed E-state index contributed by atoms with van der Waals surface area (Å²) in [6.45, 7) is 2.75. The standard InChI is InChI=1S/C25H29N5O4/c26-24-16-22(12-14-28-24)29-25(31)21-8-4-19(5-9-21)17-27-13-2-1-3-15-34-18-20-6-10-23(11-7-20)30(32)33/h4-12,14,16,27H,1-3,13,15,17-18H2,(H3,26,28,29,31). The van der Waals surface area contributed by atoms with Crippen molar-refractivity contribution in [2.45, 2.75) is 32.4 Å². The zero-order valence-corrected chi connectivity index (χ0v) is 18.9. The van der Waals surface area contributed by atoms with Crippen LogP contribution in [-0.4, -0.2) is 29.0 Å². The normalized spacial score (nSPS) is 10.7. The van der Waals surface area contributed by atoms with Gasteiger partial charge in [0.2, 0.25) is 0 Å². The van der Waals surface area contributed by atoms with Gasteiger partial charge in [-0.25, -0.2) is 4.98 Å². The monoisotopic (exact) mass is 463 g/mol. The third-order valence-corrected chi connectivity index (χ3v) is 5.14. The van der Waals surface area contributed by atoms with E-state index in [4.69, 9.17) is 10.5 Å². The first-order valence-electron chi connectivity index (χ1n) is 11.1. The van der Waals surface area contributed by atoms with E-state index >= 15 is 0 Å². The van der Waals surface area contributed by atoms with Crippen molar-refractivity contribution in [3.05, 3.63) is 93.7 Å². The minimum atomic E-state index is -0.408. The highest BCUT2D eigenvalue weighted by Gasteiger charge is 2.07. The van der Waals surface area contributed by atoms with E-state index in [2.05, 4.69) is 15.6 Å². The van der Waals surface area contributed by atoms with Crippen LogP contribution in [0.4, 0.5) is 17.2 Å². The van der Waals surface area contributed by atoms with Crippen molar-refractivity contribution in [3.63, 3.8) is 0 Å². The number of ether oxygens (including phenoxy) is 1. The number of nitrogens with zero attached hydrogens (tertiary/aromatic N) is 2. The van der Waals surface area contributed by atoms with Gasteiger partial charge in [0.1, 0.15) is 5.82 Å². The number of nitrogens with one attached hydrogen (secondary N) is 2. The lowest BCUT2D eigenvalue weighted by Crippen LogP contribution is -2.15. The number of amides is 1. The molecule has 0 aliphatic heterocycles. The first-order valence-corrected chi connectivity index (χ1v) is 11.1. The summed E-state index contributed by atoms with van der Waals surface area (Å²) in [5.41, 5.74) is 8.94. The Morgan fingerprint density at radius 3 is 2.44 bits per heavy atom. The van der Waals surface area contributed by atoms with Crippen molar-refractivity contribution in [1.82, 2.24) is 10.3 Å². The molecular weight excluding hydrogens is 434 g/mol. The minimum Gasteiger partial charge on any atom is -0.384 e. The number of aromatic nitrogens is 1. The van der Waals surface area contributed by atoms with Crippen molar-refractivity contribution in [2.24, 2.45) is 0 Å². The predicted octanol–water partition coefficient (Wildman–Crippen LogP) is 4.30. The van der Waals surface area contributed by atoms with E-state index in [1.54, 1.807) is 42.6 Å². The molecule has 178 valence electrons. The van der Waals surface area contributed by atoms with Crippen LogP contribution >= 0.6 is 0 Å². The highest BCUT2D eigenvalue weighted by atomic mass is 16.6. The van der Waals surface area contributed by atoms with Crippen LogP contribution in [0.1, 0.15) is 40.7 Å². The molecule has 0 aliphatic rings. The van der Waals surface area contributed by atoms with Gasteiger partial charge < -0.3 is 21.1 Å². The van der Waals surface area contributed by atoms with Gasteiger partial charge in [0, 0.05) is 48.8 Å². The number of carbonyl (C=O) groups excluding carboxylic acids is 1. The SMILES string of the molecule is Nc1cc(NC(=O)c2ccc(CNCCCCCOCc3ccc([N+](=O)[O-])cc3)cc2)ccn1. The summed E-state index contributed by atoms with van der Waals surface area (Å²) in [6.07, 6.45) is 4.60. The van der Waals surface area contributed by atoms with Crippen LogP contribution in [0.15, 0.2) is 66.9 Å². The number of benzene rings is 2. The molecule has 0 bridgehead atoms. The lowest BCUT2D eigenvalue weighted by atomic mass is 10.1. The number of carbonyl (C=O) groups is 1. The number of rotatable bonds is 13. The van der Waals surface area contributed by atoms with E-state index < -0.39 is 4.92 Å². The van der Waals surface area contributed by atoms with Gasteiger partial charge in [-0.3, -0.25) is 14.9 Å². The molecule has 0 saturated heterocycles. The molecule has 0 saturated carbocycles. The van der Waals surface area contributed by atoms with Gasteiger partial charge in [-0.05, 0) is 67.3 Å². The number of hydrogen-bond donors (Lipinski definition) is 3. The van der Waals surface area contributed by atoms with Crippen molar-refractivity contribution in [1.29, 1.82) is 0 Å². The number of non-ortho nitro benzene ring substituents is 1. The van der Waals surface area contributed by atoms with Gasteiger partial charge in [0.25, 0.3) is 11.6 Å². The molecule has 0 unspecified atom stereocenters. The fraction of sp³-hybridized carbons (Fsp3) is 0.280. The van der Waals surface area contributed by atoms with Crippen LogP contribution in [0.25, 0.3) is 0 Å². The number of nitrogen functional groups attached to an aromatic ring is 1. The maximum absolute atomic E-state index is 12.3. The molecule has 0 atom stereocenters. The number of nitro benzene ring substituents is 1. The van der Waals surface area contributed by atoms with Gasteiger partial charge >= 0.3 is 0 Å². The van der Waals surface area contributed by atoms with Crippen molar-refractivity contribution < 1.29 is 14.5 Å². The molecule has 0 spiro atoms. The van der Waals surface area contributed by atoms with E-state index in [9.17, 15) is 14.9 Å². The molecule has 4 N–H and O–H groups in total. The van der Waals surface area contributed by atoms with E-state index in [1.165, 1.54) is 12.1 Å². The summed E-state index contributed by atoms with van der Waals surface area (Å²) in [5, 5.41) is 16.9. The Hall–Kier alpha value is -3.82. The van der Waals surface area contributed by atoms with Gasteiger partial charge in [-0.1, -0.05) is 12.1 Å². The topological polar surface area (TPSA) is 132 Å². The number of anilines is 2. The molecule has 0 radical (unpaired) electrons. The van der Waals surface area contributed by atoms with Crippen LogP contribution in [-0.2, 0) is 17.9 Å². The average Bonchev–Trinajstić information content (AvgIpc) is 2.83. The van der Waals surface area contributed by atoms with Crippen molar-refractivity contribution in [3.8, 4) is 0 Å². The summed E-state index contributed by atoms with van der Waals surface area (Å²) in [6, 6.07) is 17.2. The van der Waals surface area contributed by atoms with Crippen LogP contribution < -0.4 is 16.4 Å². The van der Waals surface area contributed by atoms with Gasteiger partial charge in [-0.15, -0.1) is 0 Å². The second-order valence-electron chi connectivity index (χ2n) is 7.83. The maximum Gasteiger partial charge on any atom is 0.269 e. The summed E-state index contributed by atoms with van der Waals surface area (Å²) in [4.78, 5) is 26.5. The number of nitro groups is 1. The fourth-order valence-electron chi connectivity index (χ4n) is 3.27. The zero-order valence-electron chi connectivity index (χ0n) is 18.9. The first-order chi connectivity index (χ1) is 16.5. The summed E-state index contributed by atoms with van der Waals surface area (Å²) < 4.78 is 5.64. The molecule has 1 heterocycles. The average molecular weight is 464 g/mol. The van der Waals surface area contributed by atoms with Crippen LogP contribution in [0, 0.1) is 10.1 Å². The maximum atomic E-state index is 12.3. The Balaban J connectivity index is 1.24. The third-order valence-electron chi connectivity index (χ3n) is 5.14. The van der Waals surface area contributed by atoms with Crippen LogP contribution in [0.5, 0.6) is 0 Å². The Morgan fingerprint density at radius 2 is 1.74 bits per heavy atom. The molecule has 1 amide bonds. The number of pyridine rings is 1. The predicted molar refractivity (Wildman–Crippen MR) is 131 cm³/mol. The van der Waals surface area contributed by atoms with Gasteiger partial charge in [-0.2, -0.15) is 0 Å². The van der Waals surface area contributed by atoms with Gasteiger partial charge in [0.05, 0.1) is 11.5 Å². The summed E-state index contributed by atoms with van der Waals surface area (Å²) >= 11 is 0. The molecule has 1 aromatic heterocycles. The zero-order chi connectivity index (χ0) is 24.2. The number of hydrogen-bond acceptors (Lipinski definition) is 7. The Kier molecular flexibility index (Phi) is 9.51.